The van der Waals surface area contributed by atoms with Crippen LogP contribution in [-0.4, -0.2) is 35.6 Å². The third kappa shape index (κ3) is 3.18. The molecule has 0 spiro atoms. The molecule has 1 aromatic carbocycles. The highest BCUT2D eigenvalue weighted by Crippen LogP contribution is 2.30. The van der Waals surface area contributed by atoms with Gasteiger partial charge in [0.15, 0.2) is 5.54 Å². The largest absolute Gasteiger partial charge is 0.487 e. The van der Waals surface area contributed by atoms with Gasteiger partial charge < -0.3 is 24.9 Å². The molecule has 3 heterocycles. The zero-order valence-electron chi connectivity index (χ0n) is 15.2. The van der Waals surface area contributed by atoms with E-state index >= 15 is 0 Å². The highest BCUT2D eigenvalue weighted by molar-refractivity contribution is 6.09. The average Bonchev–Trinajstić information content (AvgIpc) is 2.98. The average molecular weight is 381 g/mol. The smallest absolute Gasteiger partial charge is 0.256 e. The van der Waals surface area contributed by atoms with Gasteiger partial charge in [0.2, 0.25) is 5.91 Å². The zero-order valence-corrected chi connectivity index (χ0v) is 15.2. The Morgan fingerprint density at radius 2 is 2.11 bits per heavy atom. The van der Waals surface area contributed by atoms with Gasteiger partial charge in [0.1, 0.15) is 23.7 Å². The number of rotatable bonds is 6. The Kier molecular flexibility index (Phi) is 4.48. The number of nitrogens with two attached hydrogens (primary N) is 1. The summed E-state index contributed by atoms with van der Waals surface area (Å²) in [5, 5.41) is 3.28. The molecular weight excluding hydrogens is 362 g/mol. The SMILES string of the molecule is Cc1oc2ccc(OCc3ccccn3)cc2c1C(=O)NC1(C(N)=O)COC1. The minimum absolute atomic E-state index is 0.0569. The summed E-state index contributed by atoms with van der Waals surface area (Å²) in [4.78, 5) is 28.8. The second-order valence-corrected chi connectivity index (χ2v) is 6.69. The van der Waals surface area contributed by atoms with E-state index < -0.39 is 17.4 Å². The number of hydrogen-bond acceptors (Lipinski definition) is 6. The van der Waals surface area contributed by atoms with E-state index in [9.17, 15) is 9.59 Å². The van der Waals surface area contributed by atoms with Crippen molar-refractivity contribution in [2.24, 2.45) is 5.73 Å². The van der Waals surface area contributed by atoms with Gasteiger partial charge in [0.05, 0.1) is 24.5 Å². The van der Waals surface area contributed by atoms with Crippen LogP contribution in [0.3, 0.4) is 0 Å². The Morgan fingerprint density at radius 3 is 2.75 bits per heavy atom. The van der Waals surface area contributed by atoms with Gasteiger partial charge in [0.25, 0.3) is 5.91 Å². The third-order valence-electron chi connectivity index (χ3n) is 4.70. The quantitative estimate of drug-likeness (QED) is 0.671. The monoisotopic (exact) mass is 381 g/mol. The van der Waals surface area contributed by atoms with Crippen LogP contribution >= 0.6 is 0 Å². The van der Waals surface area contributed by atoms with Crippen molar-refractivity contribution in [2.75, 3.05) is 13.2 Å². The van der Waals surface area contributed by atoms with Gasteiger partial charge in [-0.2, -0.15) is 0 Å². The van der Waals surface area contributed by atoms with E-state index in [0.29, 0.717) is 34.6 Å². The van der Waals surface area contributed by atoms with Crippen LogP contribution in [-0.2, 0) is 16.1 Å². The van der Waals surface area contributed by atoms with Crippen molar-refractivity contribution in [1.82, 2.24) is 10.3 Å². The molecular formula is C20H19N3O5. The number of hydrogen-bond donors (Lipinski definition) is 2. The number of carbonyl (C=O) groups excluding carboxylic acids is 2. The number of furan rings is 1. The minimum atomic E-state index is -1.18. The number of primary amides is 1. The first-order valence-electron chi connectivity index (χ1n) is 8.74. The highest BCUT2D eigenvalue weighted by Gasteiger charge is 2.46. The summed E-state index contributed by atoms with van der Waals surface area (Å²) in [7, 11) is 0. The first-order chi connectivity index (χ1) is 13.5. The predicted octanol–water partition coefficient (Wildman–Crippen LogP) is 1.70. The summed E-state index contributed by atoms with van der Waals surface area (Å²) in [6, 6.07) is 10.8. The number of pyridine rings is 1. The Bertz CT molecular complexity index is 1040. The normalized spacial score (nSPS) is 15.0. The molecule has 0 unspecified atom stereocenters. The molecule has 0 saturated carbocycles. The summed E-state index contributed by atoms with van der Waals surface area (Å²) in [5.41, 5.74) is 5.92. The van der Waals surface area contributed by atoms with Gasteiger partial charge in [-0.15, -0.1) is 0 Å². The van der Waals surface area contributed by atoms with Crippen molar-refractivity contribution >= 4 is 22.8 Å². The number of benzene rings is 1. The van der Waals surface area contributed by atoms with E-state index in [1.165, 1.54) is 0 Å². The standard InChI is InChI=1S/C20H19N3O5/c1-12-17(18(24)23-20(19(21)25)10-26-11-20)15-8-14(5-6-16(15)28-12)27-9-13-4-2-3-7-22-13/h2-8H,9-11H2,1H3,(H2,21,25)(H,23,24). The fourth-order valence-corrected chi connectivity index (χ4v) is 3.07. The second-order valence-electron chi connectivity index (χ2n) is 6.69. The van der Waals surface area contributed by atoms with Gasteiger partial charge in [-0.05, 0) is 37.3 Å². The Balaban J connectivity index is 1.60. The van der Waals surface area contributed by atoms with Crippen LogP contribution in [0.4, 0.5) is 0 Å². The van der Waals surface area contributed by atoms with Gasteiger partial charge >= 0.3 is 0 Å². The zero-order chi connectivity index (χ0) is 19.7. The first-order valence-corrected chi connectivity index (χ1v) is 8.74. The fourth-order valence-electron chi connectivity index (χ4n) is 3.07. The van der Waals surface area contributed by atoms with Crippen LogP contribution < -0.4 is 15.8 Å². The van der Waals surface area contributed by atoms with Crippen molar-refractivity contribution in [3.63, 3.8) is 0 Å². The second kappa shape index (κ2) is 6.97. The Labute approximate surface area is 160 Å². The maximum atomic E-state index is 12.9. The topological polar surface area (TPSA) is 117 Å². The summed E-state index contributed by atoms with van der Waals surface area (Å²) >= 11 is 0. The van der Waals surface area contributed by atoms with Crippen LogP contribution in [0.15, 0.2) is 47.0 Å². The lowest BCUT2D eigenvalue weighted by Gasteiger charge is -2.38. The molecule has 0 aliphatic carbocycles. The maximum Gasteiger partial charge on any atom is 0.256 e. The lowest BCUT2D eigenvalue weighted by molar-refractivity contribution is -0.143. The molecule has 28 heavy (non-hydrogen) atoms. The summed E-state index contributed by atoms with van der Waals surface area (Å²) in [5.74, 6) is -0.0593. The van der Waals surface area contributed by atoms with Crippen molar-refractivity contribution in [3.8, 4) is 5.75 Å². The Hall–Kier alpha value is -3.39. The molecule has 2 amide bonds. The molecule has 8 heteroatoms. The fraction of sp³-hybridized carbons (Fsp3) is 0.250. The number of amides is 2. The van der Waals surface area contributed by atoms with Crippen LogP contribution in [0.2, 0.25) is 0 Å². The number of aromatic nitrogens is 1. The minimum Gasteiger partial charge on any atom is -0.487 e. The number of nitrogens with one attached hydrogen (secondary N) is 1. The lowest BCUT2D eigenvalue weighted by atomic mass is 9.95. The van der Waals surface area contributed by atoms with Crippen LogP contribution in [0.5, 0.6) is 5.75 Å². The molecule has 3 aromatic rings. The molecule has 144 valence electrons. The van der Waals surface area contributed by atoms with E-state index in [0.717, 1.165) is 5.69 Å². The van der Waals surface area contributed by atoms with E-state index in [4.69, 9.17) is 19.6 Å². The molecule has 1 fully saturated rings. The van der Waals surface area contributed by atoms with E-state index in [-0.39, 0.29) is 13.2 Å². The number of carbonyl (C=O) groups is 2. The highest BCUT2D eigenvalue weighted by atomic mass is 16.5. The maximum absolute atomic E-state index is 12.9. The molecule has 0 atom stereocenters. The number of nitrogens with zero attached hydrogens (tertiary/aromatic N) is 1. The summed E-state index contributed by atoms with van der Waals surface area (Å²) in [6.07, 6.45) is 1.70. The van der Waals surface area contributed by atoms with Crippen molar-refractivity contribution < 1.29 is 23.5 Å². The Morgan fingerprint density at radius 1 is 1.29 bits per heavy atom. The third-order valence-corrected chi connectivity index (χ3v) is 4.70. The van der Waals surface area contributed by atoms with Gasteiger partial charge in [-0.1, -0.05) is 6.07 Å². The van der Waals surface area contributed by atoms with Gasteiger partial charge in [-0.3, -0.25) is 14.6 Å². The lowest BCUT2D eigenvalue weighted by Crippen LogP contribution is -2.69. The van der Waals surface area contributed by atoms with Crippen molar-refractivity contribution in [2.45, 2.75) is 19.1 Å². The van der Waals surface area contributed by atoms with Crippen LogP contribution in [0.25, 0.3) is 11.0 Å². The number of aryl methyl sites for hydroxylation is 1. The van der Waals surface area contributed by atoms with Gasteiger partial charge in [0, 0.05) is 11.6 Å². The van der Waals surface area contributed by atoms with Crippen LogP contribution in [0.1, 0.15) is 21.8 Å². The number of ether oxygens (including phenoxy) is 2. The summed E-state index contributed by atoms with van der Waals surface area (Å²) < 4.78 is 16.5. The van der Waals surface area contributed by atoms with Gasteiger partial charge in [-0.25, -0.2) is 0 Å². The van der Waals surface area contributed by atoms with E-state index in [1.807, 2.05) is 18.2 Å². The number of fused-ring (bicyclic) bond motifs is 1. The molecule has 8 nitrogen and oxygen atoms in total. The molecule has 1 aliphatic heterocycles. The first kappa shape index (κ1) is 18.0. The van der Waals surface area contributed by atoms with E-state index in [2.05, 4.69) is 10.3 Å². The van der Waals surface area contributed by atoms with Crippen molar-refractivity contribution in [3.05, 3.63) is 59.6 Å². The molecule has 1 saturated heterocycles. The van der Waals surface area contributed by atoms with Crippen LogP contribution in [0, 0.1) is 6.92 Å². The predicted molar refractivity (Wildman–Crippen MR) is 99.7 cm³/mol. The molecule has 4 rings (SSSR count). The summed E-state index contributed by atoms with van der Waals surface area (Å²) in [6.45, 7) is 2.10. The molecule has 1 aliphatic rings. The molecule has 2 aromatic heterocycles. The molecule has 3 N–H and O–H groups in total. The molecule has 0 bridgehead atoms. The van der Waals surface area contributed by atoms with E-state index in [1.54, 1.807) is 31.3 Å². The molecule has 0 radical (unpaired) electrons. The van der Waals surface area contributed by atoms with Crippen molar-refractivity contribution in [1.29, 1.82) is 0 Å².